The zero-order valence-electron chi connectivity index (χ0n) is 17.7. The van der Waals surface area contributed by atoms with Gasteiger partial charge >= 0.3 is 0 Å². The third-order valence-corrected chi connectivity index (χ3v) is 4.45. The molecule has 2 aromatic carbocycles. The number of benzene rings is 2. The van der Waals surface area contributed by atoms with E-state index in [-0.39, 0.29) is 11.8 Å². The molecule has 3 aromatic rings. The van der Waals surface area contributed by atoms with E-state index < -0.39 is 0 Å². The van der Waals surface area contributed by atoms with Crippen molar-refractivity contribution >= 4 is 23.2 Å². The van der Waals surface area contributed by atoms with Crippen LogP contribution in [0.5, 0.6) is 11.6 Å². The average molecular weight is 411 g/mol. The molecule has 0 aliphatic carbocycles. The molecule has 0 bridgehead atoms. The molecule has 154 valence electrons. The molecule has 3 rings (SSSR count). The van der Waals surface area contributed by atoms with Crippen LogP contribution in [0.15, 0.2) is 36.4 Å². The van der Waals surface area contributed by atoms with E-state index in [2.05, 4.69) is 32.6 Å². The zero-order valence-corrected chi connectivity index (χ0v) is 17.7. The van der Waals surface area contributed by atoms with Gasteiger partial charge < -0.3 is 15.4 Å². The molecule has 0 radical (unpaired) electrons. The van der Waals surface area contributed by atoms with Crippen molar-refractivity contribution < 1.29 is 9.53 Å². The van der Waals surface area contributed by atoms with Gasteiger partial charge in [0.2, 0.25) is 17.7 Å². The number of aryl methyl sites for hydroxylation is 3. The third kappa shape index (κ3) is 4.98. The van der Waals surface area contributed by atoms with Gasteiger partial charge in [-0.2, -0.15) is 10.2 Å². The summed E-state index contributed by atoms with van der Waals surface area (Å²) in [5.74, 6) is 3.36. The van der Waals surface area contributed by atoms with Crippen LogP contribution in [-0.2, 0) is 4.79 Å². The summed E-state index contributed by atoms with van der Waals surface area (Å²) in [6, 6.07) is 12.9. The summed E-state index contributed by atoms with van der Waals surface area (Å²) < 4.78 is 6.13. The molecule has 1 heterocycles. The number of nitrogens with one attached hydrogen (secondary N) is 2. The maximum absolute atomic E-state index is 11.7. The first-order chi connectivity index (χ1) is 14.8. The number of nitrogens with zero attached hydrogens (tertiary/aromatic N) is 3. The Labute approximate surface area is 181 Å². The molecule has 0 fully saturated rings. The Morgan fingerprint density at radius 2 is 1.71 bits per heavy atom. The highest BCUT2D eigenvalue weighted by molar-refractivity contribution is 5.91. The second-order valence-corrected chi connectivity index (χ2v) is 6.99. The lowest BCUT2D eigenvalue weighted by atomic mass is 10.1. The Morgan fingerprint density at radius 1 is 1.06 bits per heavy atom. The summed E-state index contributed by atoms with van der Waals surface area (Å²) in [7, 11) is 0. The molecule has 0 saturated heterocycles. The predicted octanol–water partition coefficient (Wildman–Crippen LogP) is 4.75. The van der Waals surface area contributed by atoms with E-state index in [0.717, 1.165) is 22.4 Å². The first kappa shape index (κ1) is 21.4. The monoisotopic (exact) mass is 411 g/mol. The molecule has 0 spiro atoms. The van der Waals surface area contributed by atoms with Crippen LogP contribution in [0.2, 0.25) is 0 Å². The van der Waals surface area contributed by atoms with Gasteiger partial charge in [-0.25, -0.2) is 4.98 Å². The molecule has 0 saturated carbocycles. The van der Waals surface area contributed by atoms with Gasteiger partial charge in [0.05, 0.1) is 17.3 Å². The zero-order chi connectivity index (χ0) is 22.5. The number of rotatable bonds is 5. The predicted molar refractivity (Wildman–Crippen MR) is 119 cm³/mol. The number of aromatic nitrogens is 2. The first-order valence-electron chi connectivity index (χ1n) is 9.50. The maximum Gasteiger partial charge on any atom is 0.248 e. The minimum Gasteiger partial charge on any atom is -0.436 e. The molecule has 31 heavy (non-hydrogen) atoms. The van der Waals surface area contributed by atoms with Gasteiger partial charge in [-0.3, -0.25) is 4.79 Å². The molecular weight excluding hydrogens is 390 g/mol. The largest absolute Gasteiger partial charge is 0.436 e. The summed E-state index contributed by atoms with van der Waals surface area (Å²) in [6.07, 6.45) is 5.40. The van der Waals surface area contributed by atoms with E-state index in [0.29, 0.717) is 28.6 Å². The highest BCUT2D eigenvalue weighted by Gasteiger charge is 2.18. The van der Waals surface area contributed by atoms with E-state index in [1.165, 1.54) is 6.92 Å². The van der Waals surface area contributed by atoms with Gasteiger partial charge in [-0.15, -0.1) is 6.42 Å². The lowest BCUT2D eigenvalue weighted by Crippen LogP contribution is -2.12. The van der Waals surface area contributed by atoms with E-state index >= 15 is 0 Å². The lowest BCUT2D eigenvalue weighted by molar-refractivity contribution is -0.114. The normalized spacial score (nSPS) is 10.0. The van der Waals surface area contributed by atoms with Crippen molar-refractivity contribution in [2.75, 3.05) is 10.6 Å². The van der Waals surface area contributed by atoms with Gasteiger partial charge in [0.1, 0.15) is 11.4 Å². The lowest BCUT2D eigenvalue weighted by Gasteiger charge is -2.17. The molecule has 0 aliphatic heterocycles. The number of carbonyl (C=O) groups excluding carboxylic acids is 1. The standard InChI is InChI=1S/C24H21N5O2/c1-6-18-7-9-20(10-8-18)28-24-26-16(4)21(27-17(5)30)23(29-24)31-22-14(2)11-19(13-25)12-15(22)3/h1,7-12H,2-5H3,(H,27,30)(H,26,28,29). The molecule has 0 unspecified atom stereocenters. The highest BCUT2D eigenvalue weighted by Crippen LogP contribution is 2.35. The van der Waals surface area contributed by atoms with Crippen LogP contribution < -0.4 is 15.4 Å². The Morgan fingerprint density at radius 3 is 2.26 bits per heavy atom. The molecule has 0 atom stereocenters. The van der Waals surface area contributed by atoms with E-state index in [1.54, 1.807) is 19.1 Å². The fraction of sp³-hybridized carbons (Fsp3) is 0.167. The van der Waals surface area contributed by atoms with Gasteiger partial charge in [0.25, 0.3) is 0 Å². The smallest absolute Gasteiger partial charge is 0.248 e. The van der Waals surface area contributed by atoms with Crippen molar-refractivity contribution in [3.05, 3.63) is 64.3 Å². The minimum absolute atomic E-state index is 0.196. The average Bonchev–Trinajstić information content (AvgIpc) is 2.73. The minimum atomic E-state index is -0.268. The molecular formula is C24H21N5O2. The van der Waals surface area contributed by atoms with Crippen LogP contribution in [0, 0.1) is 44.4 Å². The van der Waals surface area contributed by atoms with Crippen LogP contribution in [-0.4, -0.2) is 15.9 Å². The summed E-state index contributed by atoms with van der Waals surface area (Å²) in [5, 5.41) is 15.0. The quantitative estimate of drug-likeness (QED) is 0.588. The number of nitriles is 1. The van der Waals surface area contributed by atoms with Crippen LogP contribution in [0.1, 0.15) is 34.9 Å². The topological polar surface area (TPSA) is 99.9 Å². The van der Waals surface area contributed by atoms with E-state index in [4.69, 9.17) is 11.2 Å². The number of ether oxygens (including phenoxy) is 1. The third-order valence-electron chi connectivity index (χ3n) is 4.45. The second kappa shape index (κ2) is 8.98. The van der Waals surface area contributed by atoms with Crippen LogP contribution in [0.25, 0.3) is 0 Å². The summed E-state index contributed by atoms with van der Waals surface area (Å²) in [6.45, 7) is 6.86. The summed E-state index contributed by atoms with van der Waals surface area (Å²) >= 11 is 0. The number of hydrogen-bond acceptors (Lipinski definition) is 6. The van der Waals surface area contributed by atoms with E-state index in [1.807, 2.05) is 38.1 Å². The Hall–Kier alpha value is -4.36. The van der Waals surface area contributed by atoms with Crippen molar-refractivity contribution in [3.63, 3.8) is 0 Å². The fourth-order valence-electron chi connectivity index (χ4n) is 3.05. The summed E-state index contributed by atoms with van der Waals surface area (Å²) in [5.41, 5.74) is 4.53. The highest BCUT2D eigenvalue weighted by atomic mass is 16.5. The van der Waals surface area contributed by atoms with Crippen molar-refractivity contribution in [3.8, 4) is 30.0 Å². The Bertz CT molecular complexity index is 1210. The maximum atomic E-state index is 11.7. The van der Waals surface area contributed by atoms with Gasteiger partial charge in [-0.05, 0) is 68.3 Å². The molecule has 7 nitrogen and oxygen atoms in total. The van der Waals surface area contributed by atoms with Crippen molar-refractivity contribution in [2.45, 2.75) is 27.7 Å². The number of terminal acetylenes is 1. The molecule has 1 aromatic heterocycles. The van der Waals surface area contributed by atoms with Gasteiger partial charge in [-0.1, -0.05) is 5.92 Å². The molecule has 2 N–H and O–H groups in total. The van der Waals surface area contributed by atoms with Crippen LogP contribution in [0.4, 0.5) is 17.3 Å². The van der Waals surface area contributed by atoms with Crippen LogP contribution in [0.3, 0.4) is 0 Å². The number of hydrogen-bond donors (Lipinski definition) is 2. The first-order valence-corrected chi connectivity index (χ1v) is 9.50. The second-order valence-electron chi connectivity index (χ2n) is 6.99. The number of anilines is 3. The van der Waals surface area contributed by atoms with Crippen molar-refractivity contribution in [2.24, 2.45) is 0 Å². The summed E-state index contributed by atoms with van der Waals surface area (Å²) in [4.78, 5) is 20.7. The molecule has 0 aliphatic rings. The van der Waals surface area contributed by atoms with Gasteiger partial charge in [0.15, 0.2) is 0 Å². The Balaban J connectivity index is 2.03. The van der Waals surface area contributed by atoms with Crippen LogP contribution >= 0.6 is 0 Å². The van der Waals surface area contributed by atoms with Crippen molar-refractivity contribution in [1.29, 1.82) is 5.26 Å². The SMILES string of the molecule is C#Cc1ccc(Nc2nc(C)c(NC(C)=O)c(Oc3c(C)cc(C#N)cc3C)n2)cc1. The number of carbonyl (C=O) groups is 1. The number of amides is 1. The fourth-order valence-corrected chi connectivity index (χ4v) is 3.05. The van der Waals surface area contributed by atoms with Crippen molar-refractivity contribution in [1.82, 2.24) is 9.97 Å². The molecule has 1 amide bonds. The van der Waals surface area contributed by atoms with E-state index in [9.17, 15) is 10.1 Å². The molecule has 7 heteroatoms. The Kier molecular flexibility index (Phi) is 6.18. The van der Waals surface area contributed by atoms with Gasteiger partial charge in [0, 0.05) is 18.2 Å².